The fourth-order valence-corrected chi connectivity index (χ4v) is 2.14. The van der Waals surface area contributed by atoms with Crippen LogP contribution in [-0.2, 0) is 4.74 Å². The zero-order valence-electron chi connectivity index (χ0n) is 14.6. The Morgan fingerprint density at radius 1 is 1.22 bits per heavy atom. The molecular formula is C20H28O3. The molecule has 1 aromatic carbocycles. The number of ether oxygens (including phenoxy) is 1. The molecule has 0 amide bonds. The first kappa shape index (κ1) is 19.2. The largest absolute Gasteiger partial charge is 0.454 e. The molecule has 0 saturated heterocycles. The number of rotatable bonds is 8. The number of aliphatic hydroxyl groups excluding tert-OH is 1. The van der Waals surface area contributed by atoms with Gasteiger partial charge in [0.15, 0.2) is 0 Å². The molecule has 0 fully saturated rings. The lowest BCUT2D eigenvalue weighted by atomic mass is 10.0. The SMILES string of the molecule is CC(C)=CCC/C(C)=C\[C@@H](OC(=O)c1ccccc1)[C@H](C)CO. The first-order valence-corrected chi connectivity index (χ1v) is 8.11. The summed E-state index contributed by atoms with van der Waals surface area (Å²) < 4.78 is 5.60. The Labute approximate surface area is 139 Å². The lowest BCUT2D eigenvalue weighted by molar-refractivity contribution is 0.0219. The molecule has 3 heteroatoms. The van der Waals surface area contributed by atoms with Crippen LogP contribution < -0.4 is 0 Å². The van der Waals surface area contributed by atoms with Gasteiger partial charge in [0, 0.05) is 12.5 Å². The van der Waals surface area contributed by atoms with Crippen molar-refractivity contribution in [1.29, 1.82) is 0 Å². The van der Waals surface area contributed by atoms with E-state index in [0.717, 1.165) is 18.4 Å². The number of allylic oxidation sites excluding steroid dienone is 3. The van der Waals surface area contributed by atoms with Crippen molar-refractivity contribution >= 4 is 5.97 Å². The molecule has 1 aromatic rings. The van der Waals surface area contributed by atoms with Gasteiger partial charge in [-0.3, -0.25) is 0 Å². The lowest BCUT2D eigenvalue weighted by Gasteiger charge is -2.20. The Morgan fingerprint density at radius 2 is 1.87 bits per heavy atom. The second-order valence-electron chi connectivity index (χ2n) is 6.23. The van der Waals surface area contributed by atoms with Gasteiger partial charge in [0.05, 0.1) is 5.56 Å². The highest BCUT2D eigenvalue weighted by molar-refractivity contribution is 5.89. The molecule has 0 spiro atoms. The van der Waals surface area contributed by atoms with E-state index in [1.54, 1.807) is 12.1 Å². The van der Waals surface area contributed by atoms with Gasteiger partial charge in [-0.1, -0.05) is 42.3 Å². The van der Waals surface area contributed by atoms with E-state index in [1.165, 1.54) is 5.57 Å². The first-order chi connectivity index (χ1) is 10.9. The van der Waals surface area contributed by atoms with Crippen molar-refractivity contribution in [1.82, 2.24) is 0 Å². The van der Waals surface area contributed by atoms with Crippen molar-refractivity contribution in [2.75, 3.05) is 6.61 Å². The lowest BCUT2D eigenvalue weighted by Crippen LogP contribution is -2.26. The highest BCUT2D eigenvalue weighted by Gasteiger charge is 2.20. The number of hydrogen-bond acceptors (Lipinski definition) is 3. The van der Waals surface area contributed by atoms with E-state index in [2.05, 4.69) is 19.9 Å². The van der Waals surface area contributed by atoms with Crippen molar-refractivity contribution in [2.24, 2.45) is 5.92 Å². The first-order valence-electron chi connectivity index (χ1n) is 8.11. The van der Waals surface area contributed by atoms with E-state index >= 15 is 0 Å². The molecule has 126 valence electrons. The number of esters is 1. The van der Waals surface area contributed by atoms with E-state index in [1.807, 2.05) is 38.1 Å². The minimum Gasteiger partial charge on any atom is -0.454 e. The quantitative estimate of drug-likeness (QED) is 0.566. The van der Waals surface area contributed by atoms with E-state index in [9.17, 15) is 9.90 Å². The van der Waals surface area contributed by atoms with Crippen molar-refractivity contribution in [3.05, 3.63) is 59.2 Å². The summed E-state index contributed by atoms with van der Waals surface area (Å²) in [4.78, 5) is 12.2. The Hall–Kier alpha value is -1.87. The number of hydrogen-bond donors (Lipinski definition) is 1. The minimum absolute atomic E-state index is 0.0233. The summed E-state index contributed by atoms with van der Waals surface area (Å²) in [6.07, 6.45) is 5.62. The number of carbonyl (C=O) groups excluding carboxylic acids is 1. The van der Waals surface area contributed by atoms with E-state index < -0.39 is 6.10 Å². The third kappa shape index (κ3) is 7.29. The molecule has 0 aliphatic rings. The highest BCUT2D eigenvalue weighted by atomic mass is 16.5. The monoisotopic (exact) mass is 316 g/mol. The number of carbonyl (C=O) groups is 1. The molecule has 0 unspecified atom stereocenters. The summed E-state index contributed by atoms with van der Waals surface area (Å²) in [5, 5.41) is 9.42. The topological polar surface area (TPSA) is 46.5 Å². The van der Waals surface area contributed by atoms with Crippen LogP contribution in [0.25, 0.3) is 0 Å². The third-order valence-electron chi connectivity index (χ3n) is 3.64. The third-order valence-corrected chi connectivity index (χ3v) is 3.64. The Bertz CT molecular complexity index is 539. The van der Waals surface area contributed by atoms with Crippen LogP contribution in [0.1, 0.15) is 50.9 Å². The van der Waals surface area contributed by atoms with E-state index in [0.29, 0.717) is 5.56 Å². The van der Waals surface area contributed by atoms with Crippen molar-refractivity contribution < 1.29 is 14.6 Å². The van der Waals surface area contributed by atoms with Gasteiger partial charge in [-0.25, -0.2) is 4.79 Å². The average molecular weight is 316 g/mol. The van der Waals surface area contributed by atoms with Gasteiger partial charge in [0.2, 0.25) is 0 Å². The van der Waals surface area contributed by atoms with Crippen molar-refractivity contribution in [3.63, 3.8) is 0 Å². The smallest absolute Gasteiger partial charge is 0.338 e. The second kappa shape index (κ2) is 10.0. The van der Waals surface area contributed by atoms with Gasteiger partial charge in [-0.2, -0.15) is 0 Å². The summed E-state index contributed by atoms with van der Waals surface area (Å²) >= 11 is 0. The van der Waals surface area contributed by atoms with Crippen molar-refractivity contribution in [2.45, 2.75) is 46.6 Å². The van der Waals surface area contributed by atoms with Gasteiger partial charge in [0.1, 0.15) is 6.10 Å². The van der Waals surface area contributed by atoms with Crippen LogP contribution in [0.3, 0.4) is 0 Å². The maximum absolute atomic E-state index is 12.2. The Balaban J connectivity index is 2.76. The molecule has 0 aromatic heterocycles. The molecule has 0 radical (unpaired) electrons. The predicted octanol–water partition coefficient (Wildman–Crippen LogP) is 4.53. The molecule has 0 saturated carbocycles. The van der Waals surface area contributed by atoms with Crippen LogP contribution in [-0.4, -0.2) is 23.8 Å². The molecule has 0 aliphatic heterocycles. The number of benzene rings is 1. The number of aliphatic hydroxyl groups is 1. The zero-order chi connectivity index (χ0) is 17.2. The zero-order valence-corrected chi connectivity index (χ0v) is 14.6. The highest BCUT2D eigenvalue weighted by Crippen LogP contribution is 2.16. The molecule has 3 nitrogen and oxygen atoms in total. The summed E-state index contributed by atoms with van der Waals surface area (Å²) in [5.41, 5.74) is 2.99. The van der Waals surface area contributed by atoms with Gasteiger partial charge in [-0.15, -0.1) is 0 Å². The van der Waals surface area contributed by atoms with Crippen molar-refractivity contribution in [3.8, 4) is 0 Å². The Morgan fingerprint density at radius 3 is 2.43 bits per heavy atom. The van der Waals surface area contributed by atoms with Gasteiger partial charge < -0.3 is 9.84 Å². The maximum atomic E-state index is 12.2. The minimum atomic E-state index is -0.417. The standard InChI is InChI=1S/C20H28O3/c1-15(2)9-8-10-16(3)13-19(17(4)14-21)23-20(22)18-11-6-5-7-12-18/h5-7,9,11-13,17,19,21H,8,10,14H2,1-4H3/b16-13-/t17-,19-/m1/s1. The molecule has 0 aliphatic carbocycles. The van der Waals surface area contributed by atoms with Crippen LogP contribution in [0.15, 0.2) is 53.6 Å². The molecule has 1 N–H and O–H groups in total. The molecule has 1 rings (SSSR count). The molecule has 23 heavy (non-hydrogen) atoms. The van der Waals surface area contributed by atoms with E-state index in [4.69, 9.17) is 4.74 Å². The summed E-state index contributed by atoms with van der Waals surface area (Å²) in [5.74, 6) is -0.495. The fraction of sp³-hybridized carbons (Fsp3) is 0.450. The van der Waals surface area contributed by atoms with Gasteiger partial charge >= 0.3 is 5.97 Å². The summed E-state index contributed by atoms with van der Waals surface area (Å²) in [6.45, 7) is 8.05. The van der Waals surface area contributed by atoms with Crippen LogP contribution in [0.5, 0.6) is 0 Å². The summed E-state index contributed by atoms with van der Waals surface area (Å²) in [7, 11) is 0. The van der Waals surface area contributed by atoms with Gasteiger partial charge in [-0.05, 0) is 51.8 Å². The van der Waals surface area contributed by atoms with E-state index in [-0.39, 0.29) is 18.5 Å². The summed E-state index contributed by atoms with van der Waals surface area (Å²) in [6, 6.07) is 8.93. The van der Waals surface area contributed by atoms with Crippen LogP contribution in [0.4, 0.5) is 0 Å². The molecular weight excluding hydrogens is 288 g/mol. The fourth-order valence-electron chi connectivity index (χ4n) is 2.14. The normalized spacial score (nSPS) is 14.0. The molecule has 2 atom stereocenters. The maximum Gasteiger partial charge on any atom is 0.338 e. The van der Waals surface area contributed by atoms with Crippen LogP contribution in [0.2, 0.25) is 0 Å². The predicted molar refractivity (Wildman–Crippen MR) is 94.3 cm³/mol. The van der Waals surface area contributed by atoms with Crippen LogP contribution >= 0.6 is 0 Å². The second-order valence-corrected chi connectivity index (χ2v) is 6.23. The molecule has 0 heterocycles. The molecule has 0 bridgehead atoms. The van der Waals surface area contributed by atoms with Crippen LogP contribution in [0, 0.1) is 5.92 Å². The average Bonchev–Trinajstić information content (AvgIpc) is 2.53. The Kier molecular flexibility index (Phi) is 8.35. The van der Waals surface area contributed by atoms with Gasteiger partial charge in [0.25, 0.3) is 0 Å².